The van der Waals surface area contributed by atoms with Gasteiger partial charge in [-0.2, -0.15) is 0 Å². The third kappa shape index (κ3) is 2.46. The third-order valence-corrected chi connectivity index (χ3v) is 9.48. The second-order valence-electron chi connectivity index (χ2n) is 5.33. The van der Waals surface area contributed by atoms with Crippen molar-refractivity contribution in [1.29, 1.82) is 0 Å². The van der Waals surface area contributed by atoms with Crippen LogP contribution in [0.4, 0.5) is 8.78 Å². The van der Waals surface area contributed by atoms with Crippen molar-refractivity contribution < 1.29 is 13.5 Å². The predicted molar refractivity (Wildman–Crippen MR) is 78.9 cm³/mol. The normalized spacial score (nSPS) is 11.9. The molecule has 0 aliphatic heterocycles. The maximum atomic E-state index is 14.0. The summed E-state index contributed by atoms with van der Waals surface area (Å²) in [6, 6.07) is 0. The van der Waals surface area contributed by atoms with Crippen molar-refractivity contribution in [3.05, 3.63) is 28.5 Å². The molecule has 0 amide bonds. The first kappa shape index (κ1) is 15.0. The van der Waals surface area contributed by atoms with Gasteiger partial charge in [-0.15, -0.1) is 0 Å². The molecular formula is C13H14BrF2NOSn. The molecule has 0 fully saturated rings. The van der Waals surface area contributed by atoms with Crippen LogP contribution in [0, 0.1) is 11.6 Å². The van der Waals surface area contributed by atoms with Crippen molar-refractivity contribution in [3.63, 3.8) is 0 Å². The van der Waals surface area contributed by atoms with E-state index in [4.69, 9.17) is 4.74 Å². The summed E-state index contributed by atoms with van der Waals surface area (Å²) in [5.41, 5.74) is 0. The van der Waals surface area contributed by atoms with Crippen LogP contribution in [0.5, 0.6) is 5.75 Å². The van der Waals surface area contributed by atoms with E-state index in [2.05, 4.69) is 35.7 Å². The van der Waals surface area contributed by atoms with E-state index in [9.17, 15) is 8.78 Å². The van der Waals surface area contributed by atoms with Crippen molar-refractivity contribution in [2.75, 3.05) is 7.11 Å². The molecule has 1 aromatic heterocycles. The van der Waals surface area contributed by atoms with Gasteiger partial charge in [-0.1, -0.05) is 0 Å². The zero-order valence-corrected chi connectivity index (χ0v) is 15.6. The predicted octanol–water partition coefficient (Wildman–Crippen LogP) is 3.83. The van der Waals surface area contributed by atoms with E-state index in [1.54, 1.807) is 6.20 Å². The topological polar surface area (TPSA) is 22.1 Å². The molecule has 2 rings (SSSR count). The molecule has 2 aromatic rings. The fraction of sp³-hybridized carbons (Fsp3) is 0.308. The SMILES string of the molecule is COc1c(F)c(F)c(Br)c2cnc[c]([Sn]([CH3])([CH3])[CH3])c12. The van der Waals surface area contributed by atoms with E-state index in [0.29, 0.717) is 10.8 Å². The van der Waals surface area contributed by atoms with Gasteiger partial charge in [0.25, 0.3) is 0 Å². The minimum atomic E-state index is -2.53. The first-order valence-corrected chi connectivity index (χ1v) is 16.6. The van der Waals surface area contributed by atoms with Crippen LogP contribution in [0.25, 0.3) is 10.8 Å². The average molecular weight is 437 g/mol. The molecule has 0 unspecified atom stereocenters. The number of benzene rings is 1. The summed E-state index contributed by atoms with van der Waals surface area (Å²) < 4.78 is 34.1. The molecule has 0 saturated carbocycles. The molecule has 1 aromatic carbocycles. The van der Waals surface area contributed by atoms with Crippen LogP contribution >= 0.6 is 15.9 Å². The van der Waals surface area contributed by atoms with Crippen molar-refractivity contribution in [2.45, 2.75) is 14.8 Å². The van der Waals surface area contributed by atoms with Crippen LogP contribution in [0.15, 0.2) is 16.9 Å². The number of rotatable bonds is 2. The molecule has 1 heterocycles. The molecule has 0 aliphatic rings. The first-order valence-electron chi connectivity index (χ1n) is 5.77. The summed E-state index contributed by atoms with van der Waals surface area (Å²) in [7, 11) is 1.35. The molecule has 0 spiro atoms. The van der Waals surface area contributed by atoms with Gasteiger partial charge in [0.2, 0.25) is 0 Å². The summed E-state index contributed by atoms with van der Waals surface area (Å²) in [4.78, 5) is 10.7. The molecule has 19 heavy (non-hydrogen) atoms. The molecule has 2 nitrogen and oxygen atoms in total. The van der Waals surface area contributed by atoms with E-state index in [1.807, 2.05) is 0 Å². The van der Waals surface area contributed by atoms with Crippen molar-refractivity contribution in [2.24, 2.45) is 0 Å². The van der Waals surface area contributed by atoms with E-state index in [0.717, 1.165) is 3.58 Å². The Balaban J connectivity index is 3.04. The number of hydrogen-bond acceptors (Lipinski definition) is 2. The molecule has 0 N–H and O–H groups in total. The van der Waals surface area contributed by atoms with Gasteiger partial charge in [0.15, 0.2) is 0 Å². The van der Waals surface area contributed by atoms with Crippen LogP contribution in [-0.2, 0) is 0 Å². The Kier molecular flexibility index (Phi) is 4.07. The van der Waals surface area contributed by atoms with Gasteiger partial charge in [0.05, 0.1) is 0 Å². The fourth-order valence-electron chi connectivity index (χ4n) is 2.06. The molecule has 6 heteroatoms. The molecule has 0 radical (unpaired) electrons. The van der Waals surface area contributed by atoms with Gasteiger partial charge in [-0.05, 0) is 0 Å². The second-order valence-corrected chi connectivity index (χ2v) is 20.5. The molecule has 102 valence electrons. The van der Waals surface area contributed by atoms with Crippen LogP contribution in [-0.4, -0.2) is 30.5 Å². The van der Waals surface area contributed by atoms with Gasteiger partial charge >= 0.3 is 123 Å². The van der Waals surface area contributed by atoms with Crippen LogP contribution in [0.3, 0.4) is 0 Å². The van der Waals surface area contributed by atoms with Gasteiger partial charge in [-0.25, -0.2) is 0 Å². The number of nitrogens with zero attached hydrogens (tertiary/aromatic N) is 1. The van der Waals surface area contributed by atoms with E-state index in [1.165, 1.54) is 13.3 Å². The monoisotopic (exact) mass is 437 g/mol. The average Bonchev–Trinajstić information content (AvgIpc) is 2.35. The number of hydrogen-bond donors (Lipinski definition) is 0. The van der Waals surface area contributed by atoms with Crippen LogP contribution in [0.2, 0.25) is 14.8 Å². The number of fused-ring (bicyclic) bond motifs is 1. The summed E-state index contributed by atoms with van der Waals surface area (Å²) in [5, 5.41) is 1.20. The number of methoxy groups -OCH3 is 1. The summed E-state index contributed by atoms with van der Waals surface area (Å²) >= 11 is 0.579. The van der Waals surface area contributed by atoms with Crippen LogP contribution in [0.1, 0.15) is 0 Å². The summed E-state index contributed by atoms with van der Waals surface area (Å²) in [6.07, 6.45) is 3.29. The van der Waals surface area contributed by atoms with Crippen molar-refractivity contribution >= 4 is 48.7 Å². The Labute approximate surface area is 123 Å². The zero-order valence-electron chi connectivity index (χ0n) is 11.1. The Hall–Kier alpha value is -0.431. The molecule has 0 bridgehead atoms. The Morgan fingerprint density at radius 2 is 1.79 bits per heavy atom. The molecular weight excluding hydrogens is 423 g/mol. The molecule has 0 aliphatic carbocycles. The van der Waals surface area contributed by atoms with Gasteiger partial charge in [-0.3, -0.25) is 0 Å². The maximum absolute atomic E-state index is 14.0. The van der Waals surface area contributed by atoms with E-state index < -0.39 is 30.0 Å². The molecule has 0 atom stereocenters. The fourth-order valence-corrected chi connectivity index (χ4v) is 6.70. The van der Waals surface area contributed by atoms with E-state index >= 15 is 0 Å². The van der Waals surface area contributed by atoms with E-state index in [-0.39, 0.29) is 10.2 Å². The Morgan fingerprint density at radius 1 is 1.16 bits per heavy atom. The standard InChI is InChI=1S/C10H5BrF2NO.3CH3.Sn/c1-15-10-5-2-3-14-4-6(5)7(11)8(12)9(10)13;;;;/h3-4H,1H3;3*1H3;. The Bertz CT molecular complexity index is 655. The van der Waals surface area contributed by atoms with Gasteiger partial charge < -0.3 is 0 Å². The molecule has 0 saturated heterocycles. The quantitative estimate of drug-likeness (QED) is 0.527. The van der Waals surface area contributed by atoms with Crippen molar-refractivity contribution in [3.8, 4) is 5.75 Å². The van der Waals surface area contributed by atoms with Crippen LogP contribution < -0.4 is 8.32 Å². The zero-order chi connectivity index (χ0) is 14.4. The summed E-state index contributed by atoms with van der Waals surface area (Å²) in [6.45, 7) is 0. The first-order chi connectivity index (χ1) is 8.79. The summed E-state index contributed by atoms with van der Waals surface area (Å²) in [5.74, 6) is -1.92. The van der Waals surface area contributed by atoms with Gasteiger partial charge in [0.1, 0.15) is 0 Å². The van der Waals surface area contributed by atoms with Gasteiger partial charge in [0, 0.05) is 0 Å². The number of halogens is 3. The van der Waals surface area contributed by atoms with Crippen molar-refractivity contribution in [1.82, 2.24) is 4.98 Å². The number of ether oxygens (including phenoxy) is 1. The minimum absolute atomic E-state index is 0.0280. The second kappa shape index (κ2) is 5.16. The third-order valence-electron chi connectivity index (χ3n) is 3.01. The Morgan fingerprint density at radius 3 is 2.32 bits per heavy atom. The number of pyridine rings is 1. The number of aromatic nitrogens is 1.